The predicted octanol–water partition coefficient (Wildman–Crippen LogP) is 2.91. The number of carbonyl (C=O) groups is 1. The van der Waals surface area contributed by atoms with Gasteiger partial charge in [0.05, 0.1) is 6.26 Å². The molecule has 0 aliphatic rings. The summed E-state index contributed by atoms with van der Waals surface area (Å²) in [6.07, 6.45) is -0.479. The minimum Gasteiger partial charge on any atom is -0.507 e. The second kappa shape index (κ2) is 8.61. The number of rotatable bonds is 1. The first kappa shape index (κ1) is 14.1. The van der Waals surface area contributed by atoms with Crippen molar-refractivity contribution in [1.29, 1.82) is 0 Å². The molecule has 0 amide bonds. The molecule has 1 heterocycles. The van der Waals surface area contributed by atoms with Crippen LogP contribution in [0.2, 0.25) is 0 Å². The average Bonchev–Trinajstić information content (AvgIpc) is 2.40. The molecule has 0 unspecified atom stereocenters. The van der Waals surface area contributed by atoms with Crippen molar-refractivity contribution in [3.63, 3.8) is 0 Å². The molecular weight excluding hydrogens is 192 g/mol. The smallest absolute Gasteiger partial charge is 0.507 e. The molecule has 0 aromatic carbocycles. The van der Waals surface area contributed by atoms with E-state index in [1.807, 2.05) is 5.38 Å². The second-order valence-electron chi connectivity index (χ2n) is 1.53. The maximum absolute atomic E-state index is 9.31. The minimum atomic E-state index is -1.33. The lowest BCUT2D eigenvalue weighted by molar-refractivity contribution is 0.128. The summed E-state index contributed by atoms with van der Waals surface area (Å²) in [5.41, 5.74) is 0. The van der Waals surface area contributed by atoms with Gasteiger partial charge in [-0.1, -0.05) is 14.0 Å². The molecule has 13 heavy (non-hydrogen) atoms. The zero-order valence-electron chi connectivity index (χ0n) is 6.14. The van der Waals surface area contributed by atoms with Gasteiger partial charge in [-0.05, 0) is 11.4 Å². The predicted molar refractivity (Wildman–Crippen MR) is 52.0 cm³/mol. The Morgan fingerprint density at radius 2 is 2.31 bits per heavy atom. The van der Waals surface area contributed by atoms with E-state index in [1.165, 1.54) is 11.3 Å². The largest absolute Gasteiger partial charge is 0.510 e. The van der Waals surface area contributed by atoms with Crippen LogP contribution in [0.1, 0.15) is 7.43 Å². The van der Waals surface area contributed by atoms with E-state index in [1.54, 1.807) is 11.4 Å². The minimum absolute atomic E-state index is 0. The van der Waals surface area contributed by atoms with Crippen molar-refractivity contribution in [1.82, 2.24) is 0 Å². The summed E-state index contributed by atoms with van der Waals surface area (Å²) in [6, 6.07) is 1.66. The summed E-state index contributed by atoms with van der Waals surface area (Å²) in [5, 5.41) is 19.6. The maximum Gasteiger partial charge on any atom is 0.510 e. The van der Waals surface area contributed by atoms with Gasteiger partial charge >= 0.3 is 6.16 Å². The number of carboxylic acid groups (broad SMARTS) is 1. The standard InChI is InChI=1S/C4H4OS.C3H4O3.CH4/c5-4-1-2-6-3-4;1-2-6-3(4)5;/h1-3,5H;2H,1H2,(H,4,5);1H4. The first-order valence-electron chi connectivity index (χ1n) is 2.88. The monoisotopic (exact) mass is 204 g/mol. The molecule has 0 aliphatic carbocycles. The van der Waals surface area contributed by atoms with E-state index in [-0.39, 0.29) is 7.43 Å². The Balaban J connectivity index is 0. The Labute approximate surface area is 80.7 Å². The number of ether oxygens (including phenoxy) is 1. The molecule has 5 heteroatoms. The van der Waals surface area contributed by atoms with Gasteiger partial charge in [-0.25, -0.2) is 4.79 Å². The van der Waals surface area contributed by atoms with Crippen LogP contribution in [0.3, 0.4) is 0 Å². The molecule has 0 saturated carbocycles. The number of thiophene rings is 1. The van der Waals surface area contributed by atoms with Gasteiger partial charge in [-0.2, -0.15) is 0 Å². The molecule has 0 fully saturated rings. The SMILES string of the molecule is C.C=COC(=O)O.Oc1ccsc1. The summed E-state index contributed by atoms with van der Waals surface area (Å²) >= 11 is 1.49. The molecule has 0 spiro atoms. The third kappa shape index (κ3) is 10.5. The quantitative estimate of drug-likeness (QED) is 0.545. The Bertz CT molecular complexity index is 230. The first-order chi connectivity index (χ1) is 5.66. The highest BCUT2D eigenvalue weighted by Gasteiger charge is 1.84. The van der Waals surface area contributed by atoms with Crippen LogP contribution in [-0.2, 0) is 4.74 Å². The van der Waals surface area contributed by atoms with E-state index in [2.05, 4.69) is 11.3 Å². The number of hydrogen-bond donors (Lipinski definition) is 2. The van der Waals surface area contributed by atoms with Crippen LogP contribution in [0.4, 0.5) is 4.79 Å². The molecule has 0 radical (unpaired) electrons. The Morgan fingerprint density at radius 1 is 1.69 bits per heavy atom. The van der Waals surface area contributed by atoms with Gasteiger partial charge in [0, 0.05) is 5.38 Å². The van der Waals surface area contributed by atoms with Crippen molar-refractivity contribution in [3.05, 3.63) is 29.7 Å². The third-order valence-electron chi connectivity index (χ3n) is 0.690. The van der Waals surface area contributed by atoms with Crippen LogP contribution in [0.25, 0.3) is 0 Å². The first-order valence-corrected chi connectivity index (χ1v) is 3.82. The van der Waals surface area contributed by atoms with E-state index in [9.17, 15) is 4.79 Å². The van der Waals surface area contributed by atoms with Crippen LogP contribution in [0, 0.1) is 0 Å². The Hall–Kier alpha value is -1.49. The maximum atomic E-state index is 9.31. The fourth-order valence-electron chi connectivity index (χ4n) is 0.329. The molecule has 1 rings (SSSR count). The summed E-state index contributed by atoms with van der Waals surface area (Å²) < 4.78 is 3.72. The summed E-state index contributed by atoms with van der Waals surface area (Å²) in [4.78, 5) is 9.31. The van der Waals surface area contributed by atoms with E-state index in [0.29, 0.717) is 5.75 Å². The van der Waals surface area contributed by atoms with Gasteiger partial charge in [-0.15, -0.1) is 11.3 Å². The molecule has 0 bridgehead atoms. The molecule has 74 valence electrons. The van der Waals surface area contributed by atoms with Gasteiger partial charge in [0.1, 0.15) is 5.75 Å². The zero-order chi connectivity index (χ0) is 9.40. The van der Waals surface area contributed by atoms with E-state index in [4.69, 9.17) is 10.2 Å². The number of aromatic hydroxyl groups is 1. The fraction of sp³-hybridized carbons (Fsp3) is 0.125. The topological polar surface area (TPSA) is 66.8 Å². The van der Waals surface area contributed by atoms with E-state index in [0.717, 1.165) is 6.26 Å². The molecule has 1 aromatic rings. The fourth-order valence-corrected chi connectivity index (χ4v) is 0.843. The van der Waals surface area contributed by atoms with Crippen molar-refractivity contribution in [2.45, 2.75) is 7.43 Å². The molecular formula is C8H12O4S. The van der Waals surface area contributed by atoms with Crippen molar-refractivity contribution in [2.75, 3.05) is 0 Å². The van der Waals surface area contributed by atoms with E-state index >= 15 is 0 Å². The third-order valence-corrected chi connectivity index (χ3v) is 1.36. The van der Waals surface area contributed by atoms with Crippen molar-refractivity contribution >= 4 is 17.5 Å². The highest BCUT2D eigenvalue weighted by molar-refractivity contribution is 7.08. The lowest BCUT2D eigenvalue weighted by Gasteiger charge is -1.81. The van der Waals surface area contributed by atoms with Crippen molar-refractivity contribution in [2.24, 2.45) is 0 Å². The summed E-state index contributed by atoms with van der Waals surface area (Å²) in [6.45, 7) is 3.00. The van der Waals surface area contributed by atoms with Gasteiger partial charge in [0.25, 0.3) is 0 Å². The van der Waals surface area contributed by atoms with Crippen LogP contribution in [-0.4, -0.2) is 16.4 Å². The highest BCUT2D eigenvalue weighted by Crippen LogP contribution is 2.10. The summed E-state index contributed by atoms with van der Waals surface area (Å²) in [5.74, 6) is 0.361. The highest BCUT2D eigenvalue weighted by atomic mass is 32.1. The molecule has 2 N–H and O–H groups in total. The Kier molecular flexibility index (Phi) is 9.31. The van der Waals surface area contributed by atoms with Crippen molar-refractivity contribution < 1.29 is 19.7 Å². The van der Waals surface area contributed by atoms with Crippen LogP contribution < -0.4 is 0 Å². The lowest BCUT2D eigenvalue weighted by Crippen LogP contribution is -1.89. The molecule has 0 aliphatic heterocycles. The average molecular weight is 204 g/mol. The van der Waals surface area contributed by atoms with Gasteiger partial charge in [0.15, 0.2) is 0 Å². The van der Waals surface area contributed by atoms with Crippen LogP contribution >= 0.6 is 11.3 Å². The molecule has 0 atom stereocenters. The van der Waals surface area contributed by atoms with Crippen molar-refractivity contribution in [3.8, 4) is 5.75 Å². The Morgan fingerprint density at radius 3 is 2.38 bits per heavy atom. The molecule has 0 saturated heterocycles. The second-order valence-corrected chi connectivity index (χ2v) is 2.31. The number of hydrogen-bond acceptors (Lipinski definition) is 4. The molecule has 4 nitrogen and oxygen atoms in total. The van der Waals surface area contributed by atoms with Gasteiger partial charge in [0.2, 0.25) is 0 Å². The van der Waals surface area contributed by atoms with Gasteiger partial charge in [-0.3, -0.25) is 0 Å². The lowest BCUT2D eigenvalue weighted by atomic mass is 10.6. The van der Waals surface area contributed by atoms with Crippen LogP contribution in [0.15, 0.2) is 29.7 Å². The molecule has 1 aromatic heterocycles. The van der Waals surface area contributed by atoms with Gasteiger partial charge < -0.3 is 14.9 Å². The normalized spacial score (nSPS) is 7.08. The summed E-state index contributed by atoms with van der Waals surface area (Å²) in [7, 11) is 0. The van der Waals surface area contributed by atoms with Crippen LogP contribution in [0.5, 0.6) is 5.75 Å². The zero-order valence-corrected chi connectivity index (χ0v) is 6.95. The van der Waals surface area contributed by atoms with E-state index < -0.39 is 6.16 Å².